The molecule has 0 radical (unpaired) electrons. The lowest BCUT2D eigenvalue weighted by molar-refractivity contribution is -0.148. The highest BCUT2D eigenvalue weighted by atomic mass is 19.1. The number of ether oxygens (including phenoxy) is 1. The largest absolute Gasteiger partial charge is 0.469 e. The summed E-state index contributed by atoms with van der Waals surface area (Å²) in [5, 5.41) is 0. The van der Waals surface area contributed by atoms with Crippen molar-refractivity contribution in [3.05, 3.63) is 0 Å². The lowest BCUT2D eigenvalue weighted by Gasteiger charge is -2.16. The highest BCUT2D eigenvalue weighted by molar-refractivity contribution is 5.72. The van der Waals surface area contributed by atoms with Crippen molar-refractivity contribution in [2.24, 2.45) is 5.92 Å². The SMILES string of the molecule is CCCC(F)C(CC)C(=O)OC. The van der Waals surface area contributed by atoms with Gasteiger partial charge in [-0.25, -0.2) is 4.39 Å². The van der Waals surface area contributed by atoms with E-state index in [1.807, 2.05) is 6.92 Å². The molecule has 0 amide bonds. The standard InChI is InChI=1S/C9H17FO2/c1-4-6-8(10)7(5-2)9(11)12-3/h7-8H,4-6H2,1-3H3. The van der Waals surface area contributed by atoms with Gasteiger partial charge in [-0.15, -0.1) is 0 Å². The molecule has 72 valence electrons. The lowest BCUT2D eigenvalue weighted by atomic mass is 9.97. The quantitative estimate of drug-likeness (QED) is 0.601. The van der Waals surface area contributed by atoms with Crippen LogP contribution in [0.2, 0.25) is 0 Å². The normalized spacial score (nSPS) is 15.3. The molecule has 0 aromatic rings. The molecule has 0 aliphatic rings. The number of hydrogen-bond acceptors (Lipinski definition) is 2. The van der Waals surface area contributed by atoms with Crippen LogP contribution in [-0.4, -0.2) is 19.3 Å². The third-order valence-electron chi connectivity index (χ3n) is 1.94. The molecule has 12 heavy (non-hydrogen) atoms. The summed E-state index contributed by atoms with van der Waals surface area (Å²) in [5.74, 6) is -1.01. The summed E-state index contributed by atoms with van der Waals surface area (Å²) < 4.78 is 17.7. The summed E-state index contributed by atoms with van der Waals surface area (Å²) in [4.78, 5) is 11.0. The number of carbonyl (C=O) groups excluding carboxylic acids is 1. The van der Waals surface area contributed by atoms with Crippen LogP contribution >= 0.6 is 0 Å². The van der Waals surface area contributed by atoms with E-state index in [-0.39, 0.29) is 0 Å². The fourth-order valence-corrected chi connectivity index (χ4v) is 1.20. The van der Waals surface area contributed by atoms with Crippen molar-refractivity contribution in [3.8, 4) is 0 Å². The van der Waals surface area contributed by atoms with Crippen molar-refractivity contribution in [2.45, 2.75) is 39.3 Å². The molecule has 0 aromatic heterocycles. The predicted molar refractivity (Wildman–Crippen MR) is 45.6 cm³/mol. The first-order chi connectivity index (χ1) is 5.67. The molecule has 0 saturated carbocycles. The number of halogens is 1. The van der Waals surface area contributed by atoms with Gasteiger partial charge in [-0.2, -0.15) is 0 Å². The number of rotatable bonds is 5. The smallest absolute Gasteiger partial charge is 0.311 e. The number of esters is 1. The monoisotopic (exact) mass is 176 g/mol. The van der Waals surface area contributed by atoms with Gasteiger partial charge in [-0.05, 0) is 12.8 Å². The van der Waals surface area contributed by atoms with E-state index in [9.17, 15) is 9.18 Å². The maximum atomic E-state index is 13.2. The molecule has 2 nitrogen and oxygen atoms in total. The Morgan fingerprint density at radius 2 is 2.08 bits per heavy atom. The van der Waals surface area contributed by atoms with Gasteiger partial charge >= 0.3 is 5.97 Å². The molecule has 0 fully saturated rings. The van der Waals surface area contributed by atoms with E-state index in [0.717, 1.165) is 6.42 Å². The van der Waals surface area contributed by atoms with Crippen molar-refractivity contribution in [1.82, 2.24) is 0 Å². The van der Waals surface area contributed by atoms with E-state index in [0.29, 0.717) is 12.8 Å². The molecule has 0 heterocycles. The minimum absolute atomic E-state index is 0.432. The van der Waals surface area contributed by atoms with E-state index in [1.54, 1.807) is 6.92 Å². The second-order valence-corrected chi connectivity index (χ2v) is 2.84. The van der Waals surface area contributed by atoms with Crippen LogP contribution in [0.4, 0.5) is 4.39 Å². The van der Waals surface area contributed by atoms with Gasteiger partial charge in [-0.1, -0.05) is 20.3 Å². The van der Waals surface area contributed by atoms with Gasteiger partial charge in [-0.3, -0.25) is 4.79 Å². The van der Waals surface area contributed by atoms with Gasteiger partial charge in [0.05, 0.1) is 13.0 Å². The molecule has 0 spiro atoms. The Labute approximate surface area is 73.1 Å². The Morgan fingerprint density at radius 1 is 1.50 bits per heavy atom. The van der Waals surface area contributed by atoms with Crippen LogP contribution in [0.1, 0.15) is 33.1 Å². The lowest BCUT2D eigenvalue weighted by Crippen LogP contribution is -2.25. The topological polar surface area (TPSA) is 26.3 Å². The van der Waals surface area contributed by atoms with Crippen LogP contribution in [0.5, 0.6) is 0 Å². The van der Waals surface area contributed by atoms with Crippen LogP contribution in [0, 0.1) is 5.92 Å². The number of alkyl halides is 1. The van der Waals surface area contributed by atoms with Crippen LogP contribution in [0.3, 0.4) is 0 Å². The number of methoxy groups -OCH3 is 1. The first kappa shape index (κ1) is 11.4. The van der Waals surface area contributed by atoms with E-state index in [1.165, 1.54) is 7.11 Å². The maximum absolute atomic E-state index is 13.2. The molecule has 0 aliphatic carbocycles. The van der Waals surface area contributed by atoms with Gasteiger partial charge in [0.1, 0.15) is 6.17 Å². The average molecular weight is 176 g/mol. The summed E-state index contributed by atoms with van der Waals surface area (Å²) in [6, 6.07) is 0. The van der Waals surface area contributed by atoms with Gasteiger partial charge in [0.2, 0.25) is 0 Å². The Balaban J connectivity index is 4.03. The summed E-state index contributed by atoms with van der Waals surface area (Å²) >= 11 is 0. The fourth-order valence-electron chi connectivity index (χ4n) is 1.20. The van der Waals surface area contributed by atoms with E-state index in [4.69, 9.17) is 0 Å². The third kappa shape index (κ3) is 3.20. The molecule has 0 rings (SSSR count). The van der Waals surface area contributed by atoms with E-state index in [2.05, 4.69) is 4.74 Å². The van der Waals surface area contributed by atoms with E-state index >= 15 is 0 Å². The van der Waals surface area contributed by atoms with Crippen LogP contribution in [0.25, 0.3) is 0 Å². The molecule has 0 aromatic carbocycles. The summed E-state index contributed by atoms with van der Waals surface area (Å²) in [6.45, 7) is 3.69. The van der Waals surface area contributed by atoms with Crippen molar-refractivity contribution in [3.63, 3.8) is 0 Å². The van der Waals surface area contributed by atoms with Gasteiger partial charge in [0.25, 0.3) is 0 Å². The first-order valence-electron chi connectivity index (χ1n) is 4.39. The van der Waals surface area contributed by atoms with Crippen LogP contribution in [-0.2, 0) is 9.53 Å². The Morgan fingerprint density at radius 3 is 2.42 bits per heavy atom. The van der Waals surface area contributed by atoms with Crippen molar-refractivity contribution in [1.29, 1.82) is 0 Å². The molecule has 0 N–H and O–H groups in total. The average Bonchev–Trinajstić information content (AvgIpc) is 2.06. The zero-order valence-electron chi connectivity index (χ0n) is 7.97. The zero-order chi connectivity index (χ0) is 9.56. The Hall–Kier alpha value is -0.600. The van der Waals surface area contributed by atoms with Crippen LogP contribution in [0.15, 0.2) is 0 Å². The Bertz CT molecular complexity index is 136. The molecule has 2 atom stereocenters. The third-order valence-corrected chi connectivity index (χ3v) is 1.94. The zero-order valence-corrected chi connectivity index (χ0v) is 7.97. The predicted octanol–water partition coefficient (Wildman–Crippen LogP) is 2.32. The molecule has 0 bridgehead atoms. The fraction of sp³-hybridized carbons (Fsp3) is 0.889. The van der Waals surface area contributed by atoms with Gasteiger partial charge < -0.3 is 4.74 Å². The molecular formula is C9H17FO2. The number of carbonyl (C=O) groups is 1. The minimum Gasteiger partial charge on any atom is -0.469 e. The maximum Gasteiger partial charge on any atom is 0.311 e. The Kier molecular flexibility index (Phi) is 5.68. The second-order valence-electron chi connectivity index (χ2n) is 2.84. The summed E-state index contributed by atoms with van der Waals surface area (Å²) in [6.07, 6.45) is 0.656. The van der Waals surface area contributed by atoms with Gasteiger partial charge in [0.15, 0.2) is 0 Å². The second kappa shape index (κ2) is 5.98. The van der Waals surface area contributed by atoms with Crippen molar-refractivity contribution < 1.29 is 13.9 Å². The molecule has 3 heteroatoms. The highest BCUT2D eigenvalue weighted by Crippen LogP contribution is 2.18. The highest BCUT2D eigenvalue weighted by Gasteiger charge is 2.26. The molecule has 2 unspecified atom stereocenters. The molecular weight excluding hydrogens is 159 g/mol. The van der Waals surface area contributed by atoms with Crippen molar-refractivity contribution in [2.75, 3.05) is 7.11 Å². The summed E-state index contributed by atoms with van der Waals surface area (Å²) in [5.41, 5.74) is 0. The van der Waals surface area contributed by atoms with Crippen LogP contribution < -0.4 is 0 Å². The van der Waals surface area contributed by atoms with Crippen molar-refractivity contribution >= 4 is 5.97 Å². The summed E-state index contributed by atoms with van der Waals surface area (Å²) in [7, 11) is 1.30. The first-order valence-corrected chi connectivity index (χ1v) is 4.39. The molecule has 0 aliphatic heterocycles. The van der Waals surface area contributed by atoms with Gasteiger partial charge in [0, 0.05) is 0 Å². The minimum atomic E-state index is -1.05. The van der Waals surface area contributed by atoms with E-state index < -0.39 is 18.1 Å². The number of hydrogen-bond donors (Lipinski definition) is 0. The molecule has 0 saturated heterocycles.